The number of ether oxygens (including phenoxy) is 2. The topological polar surface area (TPSA) is 73.6 Å². The van der Waals surface area contributed by atoms with Gasteiger partial charge in [0, 0.05) is 17.3 Å². The summed E-state index contributed by atoms with van der Waals surface area (Å²) >= 11 is 0. The molecular weight excluding hydrogens is 256 g/mol. The maximum absolute atomic E-state index is 12.2. The van der Waals surface area contributed by atoms with Gasteiger partial charge in [0.25, 0.3) is 0 Å². The first-order valence-corrected chi connectivity index (χ1v) is 7.13. The molecule has 0 spiro atoms. The van der Waals surface area contributed by atoms with Crippen LogP contribution in [0.15, 0.2) is 24.3 Å². The van der Waals surface area contributed by atoms with E-state index < -0.39 is 0 Å². The standard InChI is InChI=1S/C15H20N2O3/c16-13-6-2-5-12(13)14(18)17-11-4-1-3-10(9-11)15-19-7-8-20-15/h1,3-4,9,12-13,15H,2,5-8,16H2,(H,17,18). The van der Waals surface area contributed by atoms with Crippen LogP contribution in [0.3, 0.4) is 0 Å². The van der Waals surface area contributed by atoms with Gasteiger partial charge in [0.05, 0.1) is 19.1 Å². The van der Waals surface area contributed by atoms with Crippen molar-refractivity contribution in [1.82, 2.24) is 0 Å². The molecule has 20 heavy (non-hydrogen) atoms. The highest BCUT2D eigenvalue weighted by Crippen LogP contribution is 2.27. The third-order valence-corrected chi connectivity index (χ3v) is 3.95. The quantitative estimate of drug-likeness (QED) is 0.883. The van der Waals surface area contributed by atoms with Gasteiger partial charge in [-0.2, -0.15) is 0 Å². The largest absolute Gasteiger partial charge is 0.346 e. The highest BCUT2D eigenvalue weighted by molar-refractivity contribution is 5.93. The Hall–Kier alpha value is -1.43. The molecule has 2 aliphatic rings. The van der Waals surface area contributed by atoms with E-state index in [0.717, 1.165) is 30.5 Å². The number of rotatable bonds is 3. The van der Waals surface area contributed by atoms with Gasteiger partial charge in [-0.15, -0.1) is 0 Å². The average molecular weight is 276 g/mol. The SMILES string of the molecule is NC1CCCC1C(=O)Nc1cccc(C2OCCO2)c1. The van der Waals surface area contributed by atoms with E-state index in [1.807, 2.05) is 24.3 Å². The van der Waals surface area contributed by atoms with Crippen LogP contribution < -0.4 is 11.1 Å². The predicted octanol–water partition coefficient (Wildman–Crippen LogP) is 1.80. The van der Waals surface area contributed by atoms with Crippen LogP contribution in [0.4, 0.5) is 5.69 Å². The van der Waals surface area contributed by atoms with Gasteiger partial charge in [0.1, 0.15) is 0 Å². The number of hydrogen-bond donors (Lipinski definition) is 2. The number of nitrogens with two attached hydrogens (primary N) is 1. The molecule has 1 aromatic rings. The van der Waals surface area contributed by atoms with Crippen LogP contribution in [0.2, 0.25) is 0 Å². The number of carbonyl (C=O) groups is 1. The summed E-state index contributed by atoms with van der Waals surface area (Å²) in [5, 5.41) is 2.95. The average Bonchev–Trinajstić information content (AvgIpc) is 3.09. The molecule has 3 N–H and O–H groups in total. The first kappa shape index (κ1) is 13.5. The Kier molecular flexibility index (Phi) is 4.00. The fourth-order valence-electron chi connectivity index (χ4n) is 2.86. The van der Waals surface area contributed by atoms with Gasteiger partial charge in [-0.25, -0.2) is 0 Å². The monoisotopic (exact) mass is 276 g/mol. The molecule has 0 aromatic heterocycles. The Morgan fingerprint density at radius 1 is 1.25 bits per heavy atom. The van der Waals surface area contributed by atoms with Crippen LogP contribution in [0, 0.1) is 5.92 Å². The van der Waals surface area contributed by atoms with Gasteiger partial charge in [-0.05, 0) is 25.0 Å². The third-order valence-electron chi connectivity index (χ3n) is 3.95. The first-order valence-electron chi connectivity index (χ1n) is 7.13. The zero-order valence-corrected chi connectivity index (χ0v) is 11.4. The lowest BCUT2D eigenvalue weighted by atomic mass is 10.0. The molecule has 1 aliphatic carbocycles. The van der Waals surface area contributed by atoms with Gasteiger partial charge in [0.2, 0.25) is 5.91 Å². The lowest BCUT2D eigenvalue weighted by molar-refractivity contribution is -0.120. The van der Waals surface area contributed by atoms with Crippen LogP contribution in [0.25, 0.3) is 0 Å². The summed E-state index contributed by atoms with van der Waals surface area (Å²) < 4.78 is 10.9. The molecule has 3 rings (SSSR count). The number of nitrogens with one attached hydrogen (secondary N) is 1. The molecule has 1 aromatic carbocycles. The zero-order valence-electron chi connectivity index (χ0n) is 11.4. The molecule has 5 heteroatoms. The number of carbonyl (C=O) groups excluding carboxylic acids is 1. The molecule has 0 radical (unpaired) electrons. The number of amides is 1. The minimum Gasteiger partial charge on any atom is -0.346 e. The normalized spacial score (nSPS) is 26.9. The van der Waals surface area contributed by atoms with E-state index >= 15 is 0 Å². The van der Waals surface area contributed by atoms with E-state index in [-0.39, 0.29) is 24.2 Å². The van der Waals surface area contributed by atoms with Gasteiger partial charge in [0.15, 0.2) is 6.29 Å². The minimum atomic E-state index is -0.319. The van der Waals surface area contributed by atoms with Crippen LogP contribution in [0.1, 0.15) is 31.1 Å². The predicted molar refractivity (Wildman–Crippen MR) is 75.0 cm³/mol. The van der Waals surface area contributed by atoms with Crippen LogP contribution in [0.5, 0.6) is 0 Å². The smallest absolute Gasteiger partial charge is 0.229 e. The lowest BCUT2D eigenvalue weighted by Gasteiger charge is -2.16. The molecule has 5 nitrogen and oxygen atoms in total. The number of benzene rings is 1. The molecule has 2 unspecified atom stereocenters. The molecule has 2 fully saturated rings. The summed E-state index contributed by atoms with van der Waals surface area (Å²) in [6, 6.07) is 7.59. The van der Waals surface area contributed by atoms with Crippen molar-refractivity contribution in [3.8, 4) is 0 Å². The van der Waals surface area contributed by atoms with Gasteiger partial charge < -0.3 is 20.5 Å². The summed E-state index contributed by atoms with van der Waals surface area (Å²) in [5.41, 5.74) is 7.66. The number of anilines is 1. The molecule has 108 valence electrons. The van der Waals surface area contributed by atoms with E-state index in [2.05, 4.69) is 5.32 Å². The third kappa shape index (κ3) is 2.85. The molecular formula is C15H20N2O3. The van der Waals surface area contributed by atoms with Crippen molar-refractivity contribution in [2.45, 2.75) is 31.6 Å². The van der Waals surface area contributed by atoms with Gasteiger partial charge in [-0.3, -0.25) is 4.79 Å². The van der Waals surface area contributed by atoms with Crippen LogP contribution in [-0.4, -0.2) is 25.2 Å². The summed E-state index contributed by atoms with van der Waals surface area (Å²) in [5.74, 6) is -0.0574. The van der Waals surface area contributed by atoms with E-state index in [4.69, 9.17) is 15.2 Å². The van der Waals surface area contributed by atoms with Crippen LogP contribution >= 0.6 is 0 Å². The Morgan fingerprint density at radius 3 is 2.75 bits per heavy atom. The molecule has 1 aliphatic heterocycles. The van der Waals surface area contributed by atoms with E-state index in [0.29, 0.717) is 13.2 Å². The second kappa shape index (κ2) is 5.91. The van der Waals surface area contributed by atoms with Gasteiger partial charge >= 0.3 is 0 Å². The molecule has 1 saturated heterocycles. The first-order chi connectivity index (χ1) is 9.74. The Labute approximate surface area is 118 Å². The van der Waals surface area contributed by atoms with Crippen molar-refractivity contribution >= 4 is 11.6 Å². The second-order valence-electron chi connectivity index (χ2n) is 5.39. The summed E-state index contributed by atoms with van der Waals surface area (Å²) in [6.45, 7) is 1.22. The maximum atomic E-state index is 12.2. The molecule has 1 amide bonds. The van der Waals surface area contributed by atoms with Crippen LogP contribution in [-0.2, 0) is 14.3 Å². The van der Waals surface area contributed by atoms with E-state index in [1.54, 1.807) is 0 Å². The van der Waals surface area contributed by atoms with Crippen molar-refractivity contribution in [2.24, 2.45) is 11.7 Å². The van der Waals surface area contributed by atoms with Crippen molar-refractivity contribution in [3.63, 3.8) is 0 Å². The second-order valence-corrected chi connectivity index (χ2v) is 5.39. The summed E-state index contributed by atoms with van der Waals surface area (Å²) in [4.78, 5) is 12.2. The highest BCUT2D eigenvalue weighted by Gasteiger charge is 2.30. The van der Waals surface area contributed by atoms with Gasteiger partial charge in [-0.1, -0.05) is 18.6 Å². The summed E-state index contributed by atoms with van der Waals surface area (Å²) in [6.07, 6.45) is 2.52. The van der Waals surface area contributed by atoms with E-state index in [9.17, 15) is 4.79 Å². The highest BCUT2D eigenvalue weighted by atomic mass is 16.7. The molecule has 1 heterocycles. The Morgan fingerprint density at radius 2 is 2.05 bits per heavy atom. The number of hydrogen-bond acceptors (Lipinski definition) is 4. The van der Waals surface area contributed by atoms with Crippen molar-refractivity contribution in [3.05, 3.63) is 29.8 Å². The van der Waals surface area contributed by atoms with Crippen molar-refractivity contribution in [2.75, 3.05) is 18.5 Å². The fraction of sp³-hybridized carbons (Fsp3) is 0.533. The molecule has 2 atom stereocenters. The Bertz CT molecular complexity index is 486. The fourth-order valence-corrected chi connectivity index (χ4v) is 2.86. The van der Waals surface area contributed by atoms with E-state index in [1.165, 1.54) is 0 Å². The Balaban J connectivity index is 1.67. The van der Waals surface area contributed by atoms with Crippen molar-refractivity contribution in [1.29, 1.82) is 0 Å². The summed E-state index contributed by atoms with van der Waals surface area (Å²) in [7, 11) is 0. The minimum absolute atomic E-state index is 0.0142. The van der Waals surface area contributed by atoms with Crippen molar-refractivity contribution < 1.29 is 14.3 Å². The molecule has 0 bridgehead atoms. The molecule has 1 saturated carbocycles. The maximum Gasteiger partial charge on any atom is 0.229 e. The lowest BCUT2D eigenvalue weighted by Crippen LogP contribution is -2.34. The zero-order chi connectivity index (χ0) is 13.9.